The van der Waals surface area contributed by atoms with Crippen molar-refractivity contribution in [1.82, 2.24) is 19.1 Å². The van der Waals surface area contributed by atoms with Crippen molar-refractivity contribution >= 4 is 21.7 Å². The summed E-state index contributed by atoms with van der Waals surface area (Å²) in [6.07, 6.45) is 3.64. The number of hydrogen-bond donors (Lipinski definition) is 0. The van der Waals surface area contributed by atoms with E-state index in [1.165, 1.54) is 18.5 Å². The number of ether oxygens (including phenoxy) is 1. The standard InChI is InChI=1S/C27H38N4O5S/c1-19-15-24(36-6)16-20(2)26(19)37(34,35)30(5)12-11-23(32)17-21-7-8-25(28-18-21)27(33)31-13-9-22(10-14-31)29(3)4/h7-8,15-16,18,22H,9-14,17H2,1-6H3. The van der Waals surface area contributed by atoms with Crippen LogP contribution < -0.4 is 4.74 Å². The van der Waals surface area contributed by atoms with Crippen LogP contribution in [0.2, 0.25) is 0 Å². The molecule has 1 aliphatic heterocycles. The number of carbonyl (C=O) groups excluding carboxylic acids is 2. The van der Waals surface area contributed by atoms with Crippen LogP contribution in [0.3, 0.4) is 0 Å². The molecule has 2 aromatic rings. The Morgan fingerprint density at radius 1 is 1.08 bits per heavy atom. The Hall–Kier alpha value is -2.82. The summed E-state index contributed by atoms with van der Waals surface area (Å²) in [5.74, 6) is 0.407. The Bertz CT molecular complexity index is 1200. The number of methoxy groups -OCH3 is 1. The summed E-state index contributed by atoms with van der Waals surface area (Å²) in [6.45, 7) is 4.94. The third kappa shape index (κ3) is 6.94. The molecule has 37 heavy (non-hydrogen) atoms. The lowest BCUT2D eigenvalue weighted by Crippen LogP contribution is -2.44. The van der Waals surface area contributed by atoms with Gasteiger partial charge in [0.2, 0.25) is 10.0 Å². The van der Waals surface area contributed by atoms with Gasteiger partial charge in [0.1, 0.15) is 17.2 Å². The molecule has 0 radical (unpaired) electrons. The van der Waals surface area contributed by atoms with Crippen molar-refractivity contribution in [1.29, 1.82) is 0 Å². The van der Waals surface area contributed by atoms with Gasteiger partial charge in [0.15, 0.2) is 0 Å². The van der Waals surface area contributed by atoms with Crippen molar-refractivity contribution in [3.8, 4) is 5.75 Å². The molecule has 0 N–H and O–H groups in total. The molecule has 9 nitrogen and oxygen atoms in total. The Kier molecular flexibility index (Phi) is 9.44. The van der Waals surface area contributed by atoms with E-state index in [9.17, 15) is 18.0 Å². The van der Waals surface area contributed by atoms with E-state index in [2.05, 4.69) is 24.0 Å². The third-order valence-corrected chi connectivity index (χ3v) is 9.13. The smallest absolute Gasteiger partial charge is 0.272 e. The van der Waals surface area contributed by atoms with Gasteiger partial charge in [-0.2, -0.15) is 0 Å². The van der Waals surface area contributed by atoms with Crippen LogP contribution >= 0.6 is 0 Å². The first-order valence-electron chi connectivity index (χ1n) is 12.5. The average Bonchev–Trinajstić information content (AvgIpc) is 2.86. The second-order valence-electron chi connectivity index (χ2n) is 9.92. The Labute approximate surface area is 220 Å². The zero-order chi connectivity index (χ0) is 27.3. The summed E-state index contributed by atoms with van der Waals surface area (Å²) in [5.41, 5.74) is 2.26. The van der Waals surface area contributed by atoms with E-state index < -0.39 is 10.0 Å². The number of sulfonamides is 1. The topological polar surface area (TPSA) is 100 Å². The molecule has 1 aromatic carbocycles. The number of carbonyl (C=O) groups is 2. The molecule has 10 heteroatoms. The van der Waals surface area contributed by atoms with Crippen LogP contribution in [0.1, 0.15) is 46.4 Å². The minimum atomic E-state index is -3.76. The van der Waals surface area contributed by atoms with Gasteiger partial charge in [-0.3, -0.25) is 14.6 Å². The monoisotopic (exact) mass is 530 g/mol. The molecule has 0 aliphatic carbocycles. The maximum Gasteiger partial charge on any atom is 0.272 e. The van der Waals surface area contributed by atoms with E-state index in [0.717, 1.165) is 12.8 Å². The summed E-state index contributed by atoms with van der Waals surface area (Å²) < 4.78 is 32.7. The van der Waals surface area contributed by atoms with Crippen LogP contribution in [-0.4, -0.2) is 93.1 Å². The maximum absolute atomic E-state index is 13.2. The fourth-order valence-corrected chi connectivity index (χ4v) is 6.29. The summed E-state index contributed by atoms with van der Waals surface area (Å²) in [4.78, 5) is 34.0. The molecule has 3 rings (SSSR count). The largest absolute Gasteiger partial charge is 0.497 e. The highest BCUT2D eigenvalue weighted by atomic mass is 32.2. The number of rotatable bonds is 10. The van der Waals surface area contributed by atoms with Crippen LogP contribution in [0.15, 0.2) is 35.4 Å². The highest BCUT2D eigenvalue weighted by molar-refractivity contribution is 7.89. The molecule has 1 aromatic heterocycles. The second-order valence-corrected chi connectivity index (χ2v) is 11.9. The van der Waals surface area contributed by atoms with Gasteiger partial charge in [-0.15, -0.1) is 0 Å². The van der Waals surface area contributed by atoms with E-state index in [1.807, 2.05) is 4.90 Å². The second kappa shape index (κ2) is 12.1. The Balaban J connectivity index is 1.55. The minimum absolute atomic E-state index is 0.0684. The summed E-state index contributed by atoms with van der Waals surface area (Å²) in [7, 11) is 3.38. The maximum atomic E-state index is 13.2. The lowest BCUT2D eigenvalue weighted by Gasteiger charge is -2.35. The van der Waals surface area contributed by atoms with Crippen molar-refractivity contribution in [3.05, 3.63) is 52.8 Å². The number of Topliss-reactive ketones (excluding diaryl/α,β-unsaturated/α-hetero) is 1. The summed E-state index contributed by atoms with van der Waals surface area (Å²) in [6, 6.07) is 7.27. The SMILES string of the molecule is COc1cc(C)c(S(=O)(=O)N(C)CCC(=O)Cc2ccc(C(=O)N3CCC(N(C)C)CC3)nc2)c(C)c1. The van der Waals surface area contributed by atoms with Crippen LogP contribution in [-0.2, 0) is 21.2 Å². The molecule has 2 heterocycles. The fraction of sp³-hybridized carbons (Fsp3) is 0.519. The van der Waals surface area contributed by atoms with Crippen LogP contribution in [0.4, 0.5) is 0 Å². The van der Waals surface area contributed by atoms with Crippen molar-refractivity contribution in [2.24, 2.45) is 0 Å². The highest BCUT2D eigenvalue weighted by Gasteiger charge is 2.27. The molecule has 0 bridgehead atoms. The van der Waals surface area contributed by atoms with E-state index >= 15 is 0 Å². The van der Waals surface area contributed by atoms with Crippen molar-refractivity contribution in [3.63, 3.8) is 0 Å². The van der Waals surface area contributed by atoms with E-state index in [1.54, 1.807) is 44.3 Å². The molecule has 1 fully saturated rings. The average molecular weight is 531 g/mol. The van der Waals surface area contributed by atoms with Gasteiger partial charge in [0.05, 0.1) is 12.0 Å². The number of nitrogens with zero attached hydrogens (tertiary/aromatic N) is 4. The fourth-order valence-electron chi connectivity index (χ4n) is 4.71. The molecular formula is C27H38N4O5S. The molecule has 202 valence electrons. The molecule has 0 spiro atoms. The predicted octanol–water partition coefficient (Wildman–Crippen LogP) is 2.70. The number of hydrogen-bond acceptors (Lipinski definition) is 7. The first-order chi connectivity index (χ1) is 17.4. The predicted molar refractivity (Wildman–Crippen MR) is 142 cm³/mol. The van der Waals surface area contributed by atoms with E-state index in [4.69, 9.17) is 4.74 Å². The third-order valence-electron chi connectivity index (χ3n) is 6.97. The van der Waals surface area contributed by atoms with Crippen molar-refractivity contribution in [2.45, 2.75) is 50.5 Å². The number of amides is 1. The molecule has 1 saturated heterocycles. The summed E-state index contributed by atoms with van der Waals surface area (Å²) >= 11 is 0. The highest BCUT2D eigenvalue weighted by Crippen LogP contribution is 2.28. The quantitative estimate of drug-likeness (QED) is 0.466. The number of likely N-dealkylation sites (tertiary alicyclic amines) is 1. The molecule has 0 saturated carbocycles. The van der Waals surface area contributed by atoms with Gasteiger partial charge in [-0.1, -0.05) is 6.07 Å². The van der Waals surface area contributed by atoms with E-state index in [0.29, 0.717) is 47.3 Å². The van der Waals surface area contributed by atoms with Gasteiger partial charge >= 0.3 is 0 Å². The van der Waals surface area contributed by atoms with E-state index in [-0.39, 0.29) is 36.0 Å². The van der Waals surface area contributed by atoms with Crippen molar-refractivity contribution in [2.75, 3.05) is 47.9 Å². The molecule has 1 amide bonds. The normalized spacial score (nSPS) is 14.9. The summed E-state index contributed by atoms with van der Waals surface area (Å²) in [5, 5.41) is 0. The van der Waals surface area contributed by atoms with Gasteiger partial charge in [-0.05, 0) is 75.7 Å². The van der Waals surface area contributed by atoms with Gasteiger partial charge < -0.3 is 14.5 Å². The number of ketones is 1. The molecule has 0 atom stereocenters. The van der Waals surface area contributed by atoms with Crippen LogP contribution in [0.25, 0.3) is 0 Å². The first-order valence-corrected chi connectivity index (χ1v) is 13.9. The Morgan fingerprint density at radius 3 is 2.22 bits per heavy atom. The van der Waals surface area contributed by atoms with Gasteiger partial charge in [0, 0.05) is 51.8 Å². The number of aryl methyl sites for hydroxylation is 2. The molecular weight excluding hydrogens is 492 g/mol. The number of benzene rings is 1. The first kappa shape index (κ1) is 28.7. The van der Waals surface area contributed by atoms with Gasteiger partial charge in [0.25, 0.3) is 5.91 Å². The molecule has 1 aliphatic rings. The Morgan fingerprint density at radius 2 is 1.70 bits per heavy atom. The lowest BCUT2D eigenvalue weighted by atomic mass is 10.0. The minimum Gasteiger partial charge on any atom is -0.497 e. The number of pyridine rings is 1. The van der Waals surface area contributed by atoms with Crippen LogP contribution in [0, 0.1) is 13.8 Å². The van der Waals surface area contributed by atoms with Crippen LogP contribution in [0.5, 0.6) is 5.75 Å². The zero-order valence-corrected chi connectivity index (χ0v) is 23.5. The van der Waals surface area contributed by atoms with Gasteiger partial charge in [-0.25, -0.2) is 12.7 Å². The number of aromatic nitrogens is 1. The number of piperidine rings is 1. The molecule has 0 unspecified atom stereocenters. The zero-order valence-electron chi connectivity index (χ0n) is 22.7. The lowest BCUT2D eigenvalue weighted by molar-refractivity contribution is -0.118. The van der Waals surface area contributed by atoms with Crippen molar-refractivity contribution < 1.29 is 22.7 Å².